The molecule has 2 aromatic carbocycles. The maximum Gasteiger partial charge on any atom is 0.194 e. The van der Waals surface area contributed by atoms with Crippen molar-refractivity contribution < 1.29 is 17.6 Å². The van der Waals surface area contributed by atoms with Crippen molar-refractivity contribution in [2.24, 2.45) is 5.84 Å². The van der Waals surface area contributed by atoms with Gasteiger partial charge in [-0.2, -0.15) is 0 Å². The molecule has 0 saturated carbocycles. The van der Waals surface area contributed by atoms with Crippen LogP contribution in [-0.2, 0) is 0 Å². The third-order valence-corrected chi connectivity index (χ3v) is 3.02. The monoisotopic (exact) mass is 284 g/mol. The summed E-state index contributed by atoms with van der Waals surface area (Å²) in [5.41, 5.74) is 3.36. The number of benzene rings is 2. The topological polar surface area (TPSA) is 38.0 Å². The third kappa shape index (κ3) is 2.66. The van der Waals surface area contributed by atoms with Crippen molar-refractivity contribution in [1.29, 1.82) is 0 Å². The largest absolute Gasteiger partial charge is 0.271 e. The minimum atomic E-state index is -1.54. The summed E-state index contributed by atoms with van der Waals surface area (Å²) < 4.78 is 52.7. The Balaban J connectivity index is 2.49. The molecule has 0 radical (unpaired) electrons. The molecular formula is C14H12F4N2. The molecule has 6 heteroatoms. The molecule has 0 amide bonds. The maximum atomic E-state index is 13.3. The lowest BCUT2D eigenvalue weighted by Crippen LogP contribution is -2.29. The molecule has 0 saturated heterocycles. The Bertz CT molecular complexity index is 620. The third-order valence-electron chi connectivity index (χ3n) is 3.02. The Morgan fingerprint density at radius 2 is 1.50 bits per heavy atom. The number of nitrogens with two attached hydrogens (primary N) is 1. The summed E-state index contributed by atoms with van der Waals surface area (Å²) in [6.45, 7) is 1.55. The first-order valence-corrected chi connectivity index (χ1v) is 5.80. The van der Waals surface area contributed by atoms with Crippen molar-refractivity contribution >= 4 is 0 Å². The van der Waals surface area contributed by atoms with Crippen molar-refractivity contribution in [3.63, 3.8) is 0 Å². The molecule has 2 aromatic rings. The number of halogens is 4. The molecule has 0 heterocycles. The second-order valence-corrected chi connectivity index (χ2v) is 4.41. The van der Waals surface area contributed by atoms with Gasteiger partial charge in [0.1, 0.15) is 5.82 Å². The summed E-state index contributed by atoms with van der Waals surface area (Å²) in [6.07, 6.45) is 0. The van der Waals surface area contributed by atoms with Crippen molar-refractivity contribution in [3.05, 3.63) is 70.3 Å². The first-order valence-electron chi connectivity index (χ1n) is 5.80. The van der Waals surface area contributed by atoms with Crippen molar-refractivity contribution in [1.82, 2.24) is 5.43 Å². The van der Waals surface area contributed by atoms with Crippen LogP contribution in [0.3, 0.4) is 0 Å². The first-order chi connectivity index (χ1) is 9.43. The Kier molecular flexibility index (Phi) is 4.06. The van der Waals surface area contributed by atoms with E-state index in [0.29, 0.717) is 11.1 Å². The lowest BCUT2D eigenvalue weighted by Gasteiger charge is -2.18. The highest BCUT2D eigenvalue weighted by Crippen LogP contribution is 2.25. The Morgan fingerprint density at radius 1 is 0.900 bits per heavy atom. The highest BCUT2D eigenvalue weighted by atomic mass is 19.2. The summed E-state index contributed by atoms with van der Waals surface area (Å²) in [5.74, 6) is 0.824. The molecule has 20 heavy (non-hydrogen) atoms. The molecule has 0 aliphatic heterocycles. The summed E-state index contributed by atoms with van der Waals surface area (Å²) in [4.78, 5) is 0. The van der Waals surface area contributed by atoms with Crippen molar-refractivity contribution in [3.8, 4) is 0 Å². The second kappa shape index (κ2) is 5.60. The van der Waals surface area contributed by atoms with Crippen LogP contribution in [0.25, 0.3) is 0 Å². The van der Waals surface area contributed by atoms with Gasteiger partial charge in [-0.15, -0.1) is 0 Å². The van der Waals surface area contributed by atoms with E-state index in [1.54, 1.807) is 6.92 Å². The maximum absolute atomic E-state index is 13.3. The van der Waals surface area contributed by atoms with E-state index < -0.39 is 29.3 Å². The minimum Gasteiger partial charge on any atom is -0.271 e. The summed E-state index contributed by atoms with van der Waals surface area (Å²) in [5, 5.41) is 0. The fourth-order valence-corrected chi connectivity index (χ4v) is 1.97. The quantitative estimate of drug-likeness (QED) is 0.393. The van der Waals surface area contributed by atoms with Gasteiger partial charge in [0.2, 0.25) is 0 Å². The molecule has 3 N–H and O–H groups in total. The molecule has 2 nitrogen and oxygen atoms in total. The summed E-state index contributed by atoms with van der Waals surface area (Å²) in [6, 6.07) is 5.08. The predicted octanol–water partition coefficient (Wildman–Crippen LogP) is 3.10. The van der Waals surface area contributed by atoms with Gasteiger partial charge in [0.05, 0.1) is 6.04 Å². The van der Waals surface area contributed by atoms with Gasteiger partial charge in [-0.3, -0.25) is 5.84 Å². The molecule has 1 unspecified atom stereocenters. The van der Waals surface area contributed by atoms with E-state index in [1.165, 1.54) is 18.2 Å². The van der Waals surface area contributed by atoms with E-state index in [2.05, 4.69) is 5.43 Å². The van der Waals surface area contributed by atoms with Crippen molar-refractivity contribution in [2.75, 3.05) is 0 Å². The molecule has 0 spiro atoms. The molecule has 0 bridgehead atoms. The average Bonchev–Trinajstić information content (AvgIpc) is 2.41. The van der Waals surface area contributed by atoms with Gasteiger partial charge in [-0.1, -0.05) is 12.1 Å². The normalized spacial score (nSPS) is 12.5. The number of rotatable bonds is 3. The fourth-order valence-electron chi connectivity index (χ4n) is 1.97. The van der Waals surface area contributed by atoms with Gasteiger partial charge >= 0.3 is 0 Å². The van der Waals surface area contributed by atoms with Crippen LogP contribution in [0.4, 0.5) is 17.6 Å². The fraction of sp³-hybridized carbons (Fsp3) is 0.143. The number of nitrogens with one attached hydrogen (secondary N) is 1. The number of hydrazine groups is 1. The zero-order valence-electron chi connectivity index (χ0n) is 10.6. The van der Waals surface area contributed by atoms with E-state index in [-0.39, 0.29) is 5.56 Å². The van der Waals surface area contributed by atoms with Gasteiger partial charge < -0.3 is 0 Å². The molecule has 0 aromatic heterocycles. The zero-order valence-corrected chi connectivity index (χ0v) is 10.6. The SMILES string of the molecule is Cc1cc(C(NN)c2cc(F)c(F)c(F)c2)ccc1F. The molecule has 0 aliphatic carbocycles. The van der Waals surface area contributed by atoms with Crippen LogP contribution < -0.4 is 11.3 Å². The van der Waals surface area contributed by atoms with Crippen LogP contribution in [-0.4, -0.2) is 0 Å². The van der Waals surface area contributed by atoms with E-state index in [9.17, 15) is 17.6 Å². The number of hydrogen-bond acceptors (Lipinski definition) is 2. The Hall–Kier alpha value is -1.92. The van der Waals surface area contributed by atoms with Gasteiger partial charge in [0.25, 0.3) is 0 Å². The van der Waals surface area contributed by atoms with Crippen LogP contribution in [0, 0.1) is 30.2 Å². The average molecular weight is 284 g/mol. The second-order valence-electron chi connectivity index (χ2n) is 4.41. The smallest absolute Gasteiger partial charge is 0.194 e. The van der Waals surface area contributed by atoms with Crippen LogP contribution in [0.2, 0.25) is 0 Å². The van der Waals surface area contributed by atoms with Crippen molar-refractivity contribution in [2.45, 2.75) is 13.0 Å². The predicted molar refractivity (Wildman–Crippen MR) is 66.6 cm³/mol. The lowest BCUT2D eigenvalue weighted by molar-refractivity contribution is 0.442. The summed E-state index contributed by atoms with van der Waals surface area (Å²) >= 11 is 0. The molecule has 0 fully saturated rings. The van der Waals surface area contributed by atoms with Crippen LogP contribution in [0.5, 0.6) is 0 Å². The van der Waals surface area contributed by atoms with Gasteiger partial charge in [0.15, 0.2) is 17.5 Å². The molecule has 1 atom stereocenters. The van der Waals surface area contributed by atoms with Crippen LogP contribution >= 0.6 is 0 Å². The summed E-state index contributed by atoms with van der Waals surface area (Å²) in [7, 11) is 0. The van der Waals surface area contributed by atoms with E-state index in [1.807, 2.05) is 0 Å². The molecular weight excluding hydrogens is 272 g/mol. The van der Waals surface area contributed by atoms with E-state index >= 15 is 0 Å². The number of hydrogen-bond donors (Lipinski definition) is 2. The Labute approximate surface area is 113 Å². The standard InChI is InChI=1S/C14H12F4N2/c1-7-4-8(2-3-10(7)15)14(20-19)9-5-11(16)13(18)12(17)6-9/h2-6,14,20H,19H2,1H3. The minimum absolute atomic E-state index is 0.106. The Morgan fingerprint density at radius 3 is 2.00 bits per heavy atom. The van der Waals surface area contributed by atoms with E-state index in [0.717, 1.165) is 12.1 Å². The zero-order chi connectivity index (χ0) is 14.9. The van der Waals surface area contributed by atoms with E-state index in [4.69, 9.17) is 5.84 Å². The van der Waals surface area contributed by atoms with Gasteiger partial charge in [0, 0.05) is 0 Å². The van der Waals surface area contributed by atoms with Crippen LogP contribution in [0.1, 0.15) is 22.7 Å². The van der Waals surface area contributed by atoms with Crippen LogP contribution in [0.15, 0.2) is 30.3 Å². The first kappa shape index (κ1) is 14.5. The molecule has 106 valence electrons. The highest BCUT2D eigenvalue weighted by Gasteiger charge is 2.18. The number of aryl methyl sites for hydroxylation is 1. The molecule has 0 aliphatic rings. The highest BCUT2D eigenvalue weighted by molar-refractivity contribution is 5.35. The van der Waals surface area contributed by atoms with Gasteiger partial charge in [-0.05, 0) is 41.8 Å². The van der Waals surface area contributed by atoms with Gasteiger partial charge in [-0.25, -0.2) is 23.0 Å². The molecule has 2 rings (SSSR count). The lowest BCUT2D eigenvalue weighted by atomic mass is 9.97.